The predicted molar refractivity (Wildman–Crippen MR) is 140 cm³/mol. The molecule has 4 rings (SSSR count). The number of carbonyl (C=O) groups is 5. The summed E-state index contributed by atoms with van der Waals surface area (Å²) in [5, 5.41) is 20.7. The molecule has 5 N–H and O–H groups in total. The van der Waals surface area contributed by atoms with Crippen molar-refractivity contribution >= 4 is 29.5 Å². The van der Waals surface area contributed by atoms with E-state index in [1.54, 1.807) is 18.2 Å². The van der Waals surface area contributed by atoms with Crippen molar-refractivity contribution in [2.24, 2.45) is 5.92 Å². The molecule has 2 saturated carbocycles. The highest BCUT2D eigenvalue weighted by Crippen LogP contribution is 2.27. The summed E-state index contributed by atoms with van der Waals surface area (Å²) in [7, 11) is 0. The Morgan fingerprint density at radius 1 is 0.949 bits per heavy atom. The first-order chi connectivity index (χ1) is 18.8. The number of rotatable bonds is 11. The molecule has 212 valence electrons. The fraction of sp³-hybridized carbons (Fsp3) is 0.630. The lowest BCUT2D eigenvalue weighted by atomic mass is 9.83. The second-order valence-corrected chi connectivity index (χ2v) is 10.6. The summed E-state index contributed by atoms with van der Waals surface area (Å²) in [6.07, 6.45) is 7.60. The minimum Gasteiger partial charge on any atom is -0.381 e. The van der Waals surface area contributed by atoms with Crippen molar-refractivity contribution in [3.05, 3.63) is 30.1 Å². The maximum atomic E-state index is 13.2. The summed E-state index contributed by atoms with van der Waals surface area (Å²) >= 11 is 0. The maximum absolute atomic E-state index is 13.2. The molecule has 0 bridgehead atoms. The van der Waals surface area contributed by atoms with Crippen LogP contribution in [0.5, 0.6) is 0 Å². The number of aliphatic hydroxyl groups is 1. The van der Waals surface area contributed by atoms with Crippen molar-refractivity contribution in [1.82, 2.24) is 31.2 Å². The van der Waals surface area contributed by atoms with Gasteiger partial charge < -0.3 is 31.3 Å². The number of pyridine rings is 1. The number of nitrogens with one attached hydrogen (secondary N) is 4. The SMILES string of the molecule is O=C(N[C@H](C(=O)NCC(=O)N1CCCC1C(=O)NCC(O)C(=O)NC1CC1)C1CCCCC1)c1ccccn1. The third-order valence-corrected chi connectivity index (χ3v) is 7.57. The zero-order chi connectivity index (χ0) is 27.8. The first-order valence-electron chi connectivity index (χ1n) is 13.9. The van der Waals surface area contributed by atoms with Gasteiger partial charge in [-0.15, -0.1) is 0 Å². The van der Waals surface area contributed by atoms with Gasteiger partial charge in [-0.25, -0.2) is 0 Å². The van der Waals surface area contributed by atoms with E-state index in [1.807, 2.05) is 0 Å². The molecule has 1 aromatic heterocycles. The normalized spacial score (nSPS) is 20.9. The number of carbonyl (C=O) groups excluding carboxylic acids is 5. The van der Waals surface area contributed by atoms with Crippen LogP contribution in [0.1, 0.15) is 68.3 Å². The molecule has 1 aliphatic heterocycles. The highest BCUT2D eigenvalue weighted by molar-refractivity contribution is 5.97. The van der Waals surface area contributed by atoms with Crippen molar-refractivity contribution in [1.29, 1.82) is 0 Å². The summed E-state index contributed by atoms with van der Waals surface area (Å²) in [6.45, 7) is -0.191. The molecule has 3 aliphatic rings. The number of likely N-dealkylation sites (tertiary alicyclic amines) is 1. The Morgan fingerprint density at radius 2 is 1.72 bits per heavy atom. The first-order valence-corrected chi connectivity index (χ1v) is 13.9. The van der Waals surface area contributed by atoms with Gasteiger partial charge in [0.15, 0.2) is 0 Å². The topological polar surface area (TPSA) is 170 Å². The summed E-state index contributed by atoms with van der Waals surface area (Å²) in [6, 6.07) is 3.53. The van der Waals surface area contributed by atoms with Gasteiger partial charge in [-0.1, -0.05) is 25.3 Å². The Balaban J connectivity index is 1.29. The zero-order valence-electron chi connectivity index (χ0n) is 22.1. The van der Waals surface area contributed by atoms with Crippen LogP contribution in [0, 0.1) is 5.92 Å². The molecule has 12 heteroatoms. The predicted octanol–water partition coefficient (Wildman–Crippen LogP) is -0.377. The molecule has 3 fully saturated rings. The summed E-state index contributed by atoms with van der Waals surface area (Å²) in [5.74, 6) is -2.32. The Kier molecular flexibility index (Phi) is 9.85. The first kappa shape index (κ1) is 28.5. The second-order valence-electron chi connectivity index (χ2n) is 10.6. The van der Waals surface area contributed by atoms with E-state index in [2.05, 4.69) is 26.3 Å². The van der Waals surface area contributed by atoms with Crippen LogP contribution in [0.25, 0.3) is 0 Å². The molecule has 0 aromatic carbocycles. The zero-order valence-corrected chi connectivity index (χ0v) is 22.1. The van der Waals surface area contributed by atoms with Gasteiger partial charge in [-0.2, -0.15) is 0 Å². The third-order valence-electron chi connectivity index (χ3n) is 7.57. The van der Waals surface area contributed by atoms with Crippen LogP contribution < -0.4 is 21.3 Å². The highest BCUT2D eigenvalue weighted by Gasteiger charge is 2.36. The van der Waals surface area contributed by atoms with Crippen molar-refractivity contribution in [2.75, 3.05) is 19.6 Å². The Hall–Kier alpha value is -3.54. The van der Waals surface area contributed by atoms with Crippen LogP contribution in [-0.4, -0.2) is 88.4 Å². The molecule has 12 nitrogen and oxygen atoms in total. The largest absolute Gasteiger partial charge is 0.381 e. The smallest absolute Gasteiger partial charge is 0.270 e. The van der Waals surface area contributed by atoms with Crippen LogP contribution >= 0.6 is 0 Å². The van der Waals surface area contributed by atoms with E-state index in [9.17, 15) is 29.1 Å². The lowest BCUT2D eigenvalue weighted by Gasteiger charge is -2.30. The lowest BCUT2D eigenvalue weighted by molar-refractivity contribution is -0.139. The minimum atomic E-state index is -1.36. The van der Waals surface area contributed by atoms with Gasteiger partial charge >= 0.3 is 0 Å². The highest BCUT2D eigenvalue weighted by atomic mass is 16.3. The Morgan fingerprint density at radius 3 is 2.41 bits per heavy atom. The number of aromatic nitrogens is 1. The average Bonchev–Trinajstić information content (AvgIpc) is 3.64. The van der Waals surface area contributed by atoms with Gasteiger partial charge in [0.2, 0.25) is 17.7 Å². The maximum Gasteiger partial charge on any atom is 0.270 e. The average molecular weight is 543 g/mol. The molecule has 2 unspecified atom stereocenters. The Bertz CT molecular complexity index is 1040. The summed E-state index contributed by atoms with van der Waals surface area (Å²) in [4.78, 5) is 69.1. The molecule has 2 aliphatic carbocycles. The van der Waals surface area contributed by atoms with Crippen molar-refractivity contribution < 1.29 is 29.1 Å². The number of amides is 5. The molecular weight excluding hydrogens is 504 g/mol. The monoisotopic (exact) mass is 542 g/mol. The molecule has 39 heavy (non-hydrogen) atoms. The molecule has 1 saturated heterocycles. The molecule has 3 atom stereocenters. The van der Waals surface area contributed by atoms with E-state index < -0.39 is 47.7 Å². The van der Waals surface area contributed by atoms with Gasteiger partial charge in [-0.05, 0) is 56.6 Å². The van der Waals surface area contributed by atoms with Crippen molar-refractivity contribution in [3.63, 3.8) is 0 Å². The summed E-state index contributed by atoms with van der Waals surface area (Å²) in [5.41, 5.74) is 0.211. The van der Waals surface area contributed by atoms with Crippen LogP contribution in [0.3, 0.4) is 0 Å². The van der Waals surface area contributed by atoms with Crippen molar-refractivity contribution in [3.8, 4) is 0 Å². The quantitative estimate of drug-likeness (QED) is 0.254. The van der Waals surface area contributed by atoms with E-state index in [4.69, 9.17) is 0 Å². The number of aliphatic hydroxyl groups excluding tert-OH is 1. The number of hydrogen-bond donors (Lipinski definition) is 5. The molecule has 0 radical (unpaired) electrons. The van der Waals surface area contributed by atoms with Gasteiger partial charge in [-0.3, -0.25) is 29.0 Å². The van der Waals surface area contributed by atoms with Crippen LogP contribution in [0.2, 0.25) is 0 Å². The molecule has 0 spiro atoms. The van der Waals surface area contributed by atoms with Gasteiger partial charge in [0, 0.05) is 18.8 Å². The van der Waals surface area contributed by atoms with Gasteiger partial charge in [0.25, 0.3) is 11.8 Å². The van der Waals surface area contributed by atoms with Crippen molar-refractivity contribution in [2.45, 2.75) is 82.0 Å². The molecule has 5 amide bonds. The Labute approximate surface area is 227 Å². The van der Waals surface area contributed by atoms with E-state index in [-0.39, 0.29) is 30.7 Å². The third kappa shape index (κ3) is 7.98. The number of nitrogens with zero attached hydrogens (tertiary/aromatic N) is 2. The fourth-order valence-electron chi connectivity index (χ4n) is 5.22. The fourth-order valence-corrected chi connectivity index (χ4v) is 5.22. The van der Waals surface area contributed by atoms with Crippen LogP contribution in [-0.2, 0) is 19.2 Å². The molecule has 1 aromatic rings. The van der Waals surface area contributed by atoms with Crippen LogP contribution in [0.15, 0.2) is 24.4 Å². The standard InChI is InChI=1S/C27H38N6O6/c34-21(26(38)31-18-11-12-18)15-29-25(37)20-10-6-14-33(20)22(35)16-30-27(39)23(17-7-2-1-3-8-17)32-24(36)19-9-4-5-13-28-19/h4-5,9,13,17-18,20-21,23,34H,1-3,6-8,10-12,14-16H2,(H,29,37)(H,30,39)(H,31,38)(H,32,36)/t20?,21?,23-/m0/s1. The molecular formula is C27H38N6O6. The van der Waals surface area contributed by atoms with E-state index in [1.165, 1.54) is 11.1 Å². The van der Waals surface area contributed by atoms with E-state index in [0.717, 1.165) is 44.9 Å². The minimum absolute atomic E-state index is 0.0460. The molecule has 2 heterocycles. The summed E-state index contributed by atoms with van der Waals surface area (Å²) < 4.78 is 0. The second kappa shape index (κ2) is 13.5. The van der Waals surface area contributed by atoms with E-state index in [0.29, 0.717) is 19.4 Å². The van der Waals surface area contributed by atoms with Crippen LogP contribution in [0.4, 0.5) is 0 Å². The van der Waals surface area contributed by atoms with E-state index >= 15 is 0 Å². The van der Waals surface area contributed by atoms with Gasteiger partial charge in [0.1, 0.15) is 23.9 Å². The number of hydrogen-bond acceptors (Lipinski definition) is 7. The van der Waals surface area contributed by atoms with Gasteiger partial charge in [0.05, 0.1) is 13.1 Å². The lowest BCUT2D eigenvalue weighted by Crippen LogP contribution is -2.54.